The van der Waals surface area contributed by atoms with Gasteiger partial charge in [0.1, 0.15) is 5.82 Å². The third-order valence-corrected chi connectivity index (χ3v) is 3.81. The van der Waals surface area contributed by atoms with Gasteiger partial charge in [-0.05, 0) is 31.5 Å². The Hall–Kier alpha value is -2.00. The van der Waals surface area contributed by atoms with Crippen LogP contribution in [0.15, 0.2) is 48.3 Å². The topological polar surface area (TPSA) is 31.9 Å². The van der Waals surface area contributed by atoms with Gasteiger partial charge in [0.2, 0.25) is 0 Å². The number of aromatic nitrogens is 2. The third-order valence-electron chi connectivity index (χ3n) is 3.57. The molecular formula is C16H16ClN3. The van der Waals surface area contributed by atoms with E-state index in [0.29, 0.717) is 0 Å². The largest absolute Gasteiger partial charge is 0.326 e. The maximum Gasteiger partial charge on any atom is 0.131 e. The molecule has 1 aromatic heterocycles. The van der Waals surface area contributed by atoms with Crippen LogP contribution in [-0.4, -0.2) is 16.7 Å². The van der Waals surface area contributed by atoms with Gasteiger partial charge in [-0.3, -0.25) is 5.10 Å². The van der Waals surface area contributed by atoms with Gasteiger partial charge in [-0.15, -0.1) is 0 Å². The lowest BCUT2D eigenvalue weighted by Gasteiger charge is -2.28. The van der Waals surface area contributed by atoms with Gasteiger partial charge < -0.3 is 4.90 Å². The van der Waals surface area contributed by atoms with Crippen molar-refractivity contribution < 1.29 is 0 Å². The molecule has 1 N–H and O–H groups in total. The van der Waals surface area contributed by atoms with Crippen LogP contribution in [0, 0.1) is 6.92 Å². The molecule has 3 nitrogen and oxygen atoms in total. The zero-order valence-electron chi connectivity index (χ0n) is 11.5. The predicted molar refractivity (Wildman–Crippen MR) is 83.9 cm³/mol. The van der Waals surface area contributed by atoms with Crippen LogP contribution in [0.4, 0.5) is 5.82 Å². The molecule has 0 saturated heterocycles. The molecule has 0 saturated carbocycles. The molecule has 0 radical (unpaired) electrons. The molecule has 1 aromatic carbocycles. The van der Waals surface area contributed by atoms with Gasteiger partial charge >= 0.3 is 0 Å². The molecule has 0 amide bonds. The van der Waals surface area contributed by atoms with E-state index in [1.165, 1.54) is 11.3 Å². The number of hydrogen-bond donors (Lipinski definition) is 1. The molecule has 2 aromatic rings. The summed E-state index contributed by atoms with van der Waals surface area (Å²) in [6, 6.07) is 7.95. The Labute approximate surface area is 123 Å². The number of aromatic amines is 1. The first-order valence-corrected chi connectivity index (χ1v) is 6.95. The van der Waals surface area contributed by atoms with Crippen LogP contribution < -0.4 is 4.90 Å². The van der Waals surface area contributed by atoms with Crippen molar-refractivity contribution in [2.24, 2.45) is 0 Å². The molecule has 20 heavy (non-hydrogen) atoms. The van der Waals surface area contributed by atoms with E-state index in [-0.39, 0.29) is 0 Å². The highest BCUT2D eigenvalue weighted by atomic mass is 35.5. The van der Waals surface area contributed by atoms with Gasteiger partial charge in [0.05, 0.1) is 6.20 Å². The van der Waals surface area contributed by atoms with E-state index in [1.807, 2.05) is 24.4 Å². The maximum atomic E-state index is 6.10. The van der Waals surface area contributed by atoms with E-state index in [2.05, 4.69) is 47.2 Å². The van der Waals surface area contributed by atoms with Crippen LogP contribution in [0.3, 0.4) is 0 Å². The van der Waals surface area contributed by atoms with Gasteiger partial charge in [0.25, 0.3) is 0 Å². The highest BCUT2D eigenvalue weighted by Crippen LogP contribution is 2.31. The summed E-state index contributed by atoms with van der Waals surface area (Å²) < 4.78 is 0. The lowest BCUT2D eigenvalue weighted by molar-refractivity contribution is 0.941. The van der Waals surface area contributed by atoms with Gasteiger partial charge in [-0.1, -0.05) is 35.9 Å². The molecule has 0 atom stereocenters. The number of allylic oxidation sites excluding steroid dienone is 3. The average Bonchev–Trinajstić information content (AvgIpc) is 2.85. The Balaban J connectivity index is 2.06. The minimum atomic E-state index is 0.756. The average molecular weight is 286 g/mol. The third kappa shape index (κ3) is 2.25. The fourth-order valence-electron chi connectivity index (χ4n) is 2.51. The molecule has 1 aliphatic heterocycles. The Kier molecular flexibility index (Phi) is 3.36. The Bertz CT molecular complexity index is 697. The molecule has 0 bridgehead atoms. The van der Waals surface area contributed by atoms with Gasteiger partial charge in [0, 0.05) is 28.4 Å². The van der Waals surface area contributed by atoms with E-state index >= 15 is 0 Å². The van der Waals surface area contributed by atoms with E-state index in [0.717, 1.165) is 28.5 Å². The van der Waals surface area contributed by atoms with Gasteiger partial charge in [-0.25, -0.2) is 0 Å². The summed E-state index contributed by atoms with van der Waals surface area (Å²) in [5.41, 5.74) is 4.66. The van der Waals surface area contributed by atoms with E-state index in [9.17, 15) is 0 Å². The fourth-order valence-corrected chi connectivity index (χ4v) is 2.70. The van der Waals surface area contributed by atoms with Crippen LogP contribution in [-0.2, 0) is 0 Å². The Morgan fingerprint density at radius 1 is 1.30 bits per heavy atom. The SMILES string of the molecule is CC1=C(c2cccc(Cl)c2)C=CCN1c1[nH]ncc1C. The molecule has 1 aliphatic rings. The van der Waals surface area contributed by atoms with Gasteiger partial charge in [0.15, 0.2) is 0 Å². The summed E-state index contributed by atoms with van der Waals surface area (Å²) in [6.45, 7) is 5.03. The second-order valence-corrected chi connectivity index (χ2v) is 5.36. The molecule has 3 rings (SSSR count). The minimum absolute atomic E-state index is 0.756. The highest BCUT2D eigenvalue weighted by Gasteiger charge is 2.18. The summed E-state index contributed by atoms with van der Waals surface area (Å²) in [6.07, 6.45) is 6.16. The number of benzene rings is 1. The van der Waals surface area contributed by atoms with Crippen molar-refractivity contribution >= 4 is 23.0 Å². The van der Waals surface area contributed by atoms with E-state index in [4.69, 9.17) is 11.6 Å². The summed E-state index contributed by atoms with van der Waals surface area (Å²) in [5.74, 6) is 1.05. The molecule has 0 unspecified atom stereocenters. The first kappa shape index (κ1) is 13.0. The number of rotatable bonds is 2. The first-order chi connectivity index (χ1) is 9.66. The second kappa shape index (κ2) is 5.17. The lowest BCUT2D eigenvalue weighted by Crippen LogP contribution is -2.25. The van der Waals surface area contributed by atoms with Crippen molar-refractivity contribution in [1.82, 2.24) is 10.2 Å². The number of anilines is 1. The van der Waals surface area contributed by atoms with Crippen molar-refractivity contribution in [2.45, 2.75) is 13.8 Å². The number of nitrogens with one attached hydrogen (secondary N) is 1. The van der Waals surface area contributed by atoms with Crippen LogP contribution in [0.5, 0.6) is 0 Å². The van der Waals surface area contributed by atoms with Crippen LogP contribution in [0.25, 0.3) is 5.57 Å². The number of H-pyrrole nitrogens is 1. The monoisotopic (exact) mass is 285 g/mol. The van der Waals surface area contributed by atoms with Crippen molar-refractivity contribution in [2.75, 3.05) is 11.4 Å². The van der Waals surface area contributed by atoms with E-state index < -0.39 is 0 Å². The molecule has 2 heterocycles. The number of halogens is 1. The number of hydrogen-bond acceptors (Lipinski definition) is 2. The molecule has 102 valence electrons. The van der Waals surface area contributed by atoms with Crippen molar-refractivity contribution in [1.29, 1.82) is 0 Å². The zero-order chi connectivity index (χ0) is 14.1. The van der Waals surface area contributed by atoms with Crippen LogP contribution in [0.1, 0.15) is 18.1 Å². The highest BCUT2D eigenvalue weighted by molar-refractivity contribution is 6.30. The van der Waals surface area contributed by atoms with E-state index in [1.54, 1.807) is 0 Å². The summed E-state index contributed by atoms with van der Waals surface area (Å²) in [4.78, 5) is 2.23. The molecule has 0 spiro atoms. The van der Waals surface area contributed by atoms with Crippen LogP contribution in [0.2, 0.25) is 5.02 Å². The van der Waals surface area contributed by atoms with Crippen molar-refractivity contribution in [3.05, 3.63) is 64.5 Å². The molecule has 0 fully saturated rings. The summed E-state index contributed by atoms with van der Waals surface area (Å²) >= 11 is 6.10. The molecular weight excluding hydrogens is 270 g/mol. The lowest BCUT2D eigenvalue weighted by atomic mass is 10.0. The molecule has 4 heteroatoms. The maximum absolute atomic E-state index is 6.10. The zero-order valence-corrected chi connectivity index (χ0v) is 12.3. The smallest absolute Gasteiger partial charge is 0.131 e. The quantitative estimate of drug-likeness (QED) is 0.898. The fraction of sp³-hybridized carbons (Fsp3) is 0.188. The summed E-state index contributed by atoms with van der Waals surface area (Å²) in [5, 5.41) is 7.94. The number of nitrogens with zero attached hydrogens (tertiary/aromatic N) is 2. The molecule has 0 aliphatic carbocycles. The standard InChI is InChI=1S/C16H16ClN3/c1-11-10-18-19-16(11)20-8-4-7-15(12(20)2)13-5-3-6-14(17)9-13/h3-7,9-10H,8H2,1-2H3,(H,18,19). The number of aryl methyl sites for hydroxylation is 1. The second-order valence-electron chi connectivity index (χ2n) is 4.92. The Morgan fingerprint density at radius 3 is 2.85 bits per heavy atom. The predicted octanol–water partition coefficient (Wildman–Crippen LogP) is 4.18. The summed E-state index contributed by atoms with van der Waals surface area (Å²) in [7, 11) is 0. The minimum Gasteiger partial charge on any atom is -0.326 e. The van der Waals surface area contributed by atoms with Crippen molar-refractivity contribution in [3.63, 3.8) is 0 Å². The Morgan fingerprint density at radius 2 is 2.15 bits per heavy atom. The van der Waals surface area contributed by atoms with Crippen LogP contribution >= 0.6 is 11.6 Å². The normalized spacial score (nSPS) is 15.1. The van der Waals surface area contributed by atoms with Crippen molar-refractivity contribution in [3.8, 4) is 0 Å². The van der Waals surface area contributed by atoms with Gasteiger partial charge in [-0.2, -0.15) is 5.10 Å². The first-order valence-electron chi connectivity index (χ1n) is 6.57.